The highest BCUT2D eigenvalue weighted by molar-refractivity contribution is 6.14. The maximum absolute atomic E-state index is 12.0. The molecule has 7 rings (SSSR count). The highest BCUT2D eigenvalue weighted by atomic mass is 16.1. The van der Waals surface area contributed by atoms with E-state index in [-0.39, 0.29) is 11.7 Å². The second-order valence-corrected chi connectivity index (χ2v) is 8.57. The molecular formula is C23H21N5O. The quantitative estimate of drug-likeness (QED) is 0.753. The molecule has 0 spiro atoms. The van der Waals surface area contributed by atoms with Crippen LogP contribution in [0.15, 0.2) is 53.9 Å². The van der Waals surface area contributed by atoms with Gasteiger partial charge in [-0.15, -0.1) is 0 Å². The van der Waals surface area contributed by atoms with Crippen molar-refractivity contribution in [3.8, 4) is 5.69 Å². The minimum atomic E-state index is -0.533. The first-order valence-electron chi connectivity index (χ1n) is 10.1. The summed E-state index contributed by atoms with van der Waals surface area (Å²) in [6.45, 7) is 1.97. The van der Waals surface area contributed by atoms with E-state index in [1.54, 1.807) is 12.5 Å². The minimum Gasteiger partial charge on any atom is -0.364 e. The van der Waals surface area contributed by atoms with Gasteiger partial charge in [-0.3, -0.25) is 19.3 Å². The van der Waals surface area contributed by atoms with Gasteiger partial charge in [-0.25, -0.2) is 4.98 Å². The number of imidazole rings is 1. The fourth-order valence-electron chi connectivity index (χ4n) is 5.27. The van der Waals surface area contributed by atoms with Gasteiger partial charge < -0.3 is 5.73 Å². The number of benzene rings is 1. The highest BCUT2D eigenvalue weighted by Crippen LogP contribution is 2.65. The molecule has 6 nitrogen and oxygen atoms in total. The highest BCUT2D eigenvalue weighted by Gasteiger charge is 2.57. The van der Waals surface area contributed by atoms with Crippen molar-refractivity contribution in [2.45, 2.75) is 37.6 Å². The van der Waals surface area contributed by atoms with E-state index in [1.807, 2.05) is 29.7 Å². The maximum atomic E-state index is 12.0. The van der Waals surface area contributed by atoms with Crippen molar-refractivity contribution < 1.29 is 4.79 Å². The van der Waals surface area contributed by atoms with Crippen molar-refractivity contribution in [3.05, 3.63) is 77.1 Å². The zero-order valence-electron chi connectivity index (χ0n) is 16.2. The lowest BCUT2D eigenvalue weighted by atomic mass is 9.42. The number of aliphatic imine (C=N–C) groups is 1. The van der Waals surface area contributed by atoms with E-state index < -0.39 is 5.91 Å². The Labute approximate surface area is 168 Å². The van der Waals surface area contributed by atoms with Crippen LogP contribution >= 0.6 is 0 Å². The van der Waals surface area contributed by atoms with Crippen LogP contribution in [0.5, 0.6) is 0 Å². The van der Waals surface area contributed by atoms with Crippen molar-refractivity contribution in [1.29, 1.82) is 0 Å². The first kappa shape index (κ1) is 16.7. The van der Waals surface area contributed by atoms with Crippen LogP contribution in [0.3, 0.4) is 0 Å². The monoisotopic (exact) mass is 383 g/mol. The number of carbonyl (C=O) groups is 1. The number of primary amides is 1. The van der Waals surface area contributed by atoms with E-state index in [9.17, 15) is 4.79 Å². The van der Waals surface area contributed by atoms with Crippen molar-refractivity contribution in [3.63, 3.8) is 0 Å². The van der Waals surface area contributed by atoms with Crippen LogP contribution in [0.25, 0.3) is 5.69 Å². The third kappa shape index (κ3) is 2.23. The van der Waals surface area contributed by atoms with Gasteiger partial charge in [-0.2, -0.15) is 0 Å². The Morgan fingerprint density at radius 3 is 2.66 bits per heavy atom. The molecule has 1 aromatic carbocycles. The van der Waals surface area contributed by atoms with Crippen LogP contribution < -0.4 is 5.73 Å². The predicted molar refractivity (Wildman–Crippen MR) is 109 cm³/mol. The molecule has 0 saturated heterocycles. The van der Waals surface area contributed by atoms with Gasteiger partial charge in [0.15, 0.2) is 5.69 Å². The van der Waals surface area contributed by atoms with Crippen molar-refractivity contribution in [2.24, 2.45) is 16.6 Å². The Bertz CT molecular complexity index is 1180. The van der Waals surface area contributed by atoms with Gasteiger partial charge in [0.1, 0.15) is 6.33 Å². The van der Waals surface area contributed by atoms with E-state index in [0.29, 0.717) is 5.41 Å². The van der Waals surface area contributed by atoms with Crippen LogP contribution in [-0.4, -0.2) is 26.2 Å². The maximum Gasteiger partial charge on any atom is 0.269 e. The minimum absolute atomic E-state index is 0.275. The van der Waals surface area contributed by atoms with Crippen LogP contribution in [0.1, 0.15) is 65.2 Å². The Balaban J connectivity index is 1.61. The number of hydrogen-bond donors (Lipinski definition) is 1. The number of rotatable bonds is 3. The lowest BCUT2D eigenvalue weighted by Crippen LogP contribution is -2.55. The molecule has 1 atom stereocenters. The lowest BCUT2D eigenvalue weighted by molar-refractivity contribution is -0.0274. The summed E-state index contributed by atoms with van der Waals surface area (Å²) in [6, 6.07) is 12.2. The zero-order valence-corrected chi connectivity index (χ0v) is 16.2. The summed E-state index contributed by atoms with van der Waals surface area (Å²) in [5.74, 6) is 0.380. The Morgan fingerprint density at radius 1 is 1.17 bits per heavy atom. The van der Waals surface area contributed by atoms with E-state index >= 15 is 0 Å². The molecule has 2 aromatic heterocycles. The second kappa shape index (κ2) is 5.63. The number of carbonyl (C=O) groups excluding carboxylic acids is 1. The molecule has 2 bridgehead atoms. The number of nitrogens with two attached hydrogens (primary N) is 1. The van der Waals surface area contributed by atoms with Crippen LogP contribution in [-0.2, 0) is 5.41 Å². The smallest absolute Gasteiger partial charge is 0.269 e. The summed E-state index contributed by atoms with van der Waals surface area (Å²) in [5, 5.41) is 0. The molecule has 3 heterocycles. The first-order valence-corrected chi connectivity index (χ1v) is 10.1. The summed E-state index contributed by atoms with van der Waals surface area (Å²) in [5.41, 5.74) is 12.0. The molecule has 2 N–H and O–H groups in total. The van der Waals surface area contributed by atoms with Gasteiger partial charge in [-0.05, 0) is 67.3 Å². The predicted octanol–water partition coefficient (Wildman–Crippen LogP) is 3.33. The van der Waals surface area contributed by atoms with Crippen molar-refractivity contribution in [2.75, 3.05) is 0 Å². The fourth-order valence-corrected chi connectivity index (χ4v) is 5.27. The molecule has 3 aromatic rings. The number of aromatic nitrogens is 3. The standard InChI is InChI=1S/C23H21N5O/c1-13-21-20(22(24)29)26-12-28(21)18-6-5-15(23-9-14(10-23)11-23)8-16(18)19(27-13)17-4-2-3-7-25-17/h2-8,12-14H,9-11H2,1H3,(H2,24,29)/t13-,14?,23?/m0/s1. The molecule has 3 fully saturated rings. The number of fused-ring (bicyclic) bond motifs is 3. The number of pyridine rings is 1. The fraction of sp³-hybridized carbons (Fsp3) is 0.304. The van der Waals surface area contributed by atoms with Gasteiger partial charge in [0.25, 0.3) is 5.91 Å². The molecule has 0 unspecified atom stereocenters. The number of hydrogen-bond acceptors (Lipinski definition) is 4. The Hall–Kier alpha value is -3.28. The van der Waals surface area contributed by atoms with Gasteiger partial charge in [-0.1, -0.05) is 12.1 Å². The van der Waals surface area contributed by atoms with Crippen molar-refractivity contribution >= 4 is 11.6 Å². The van der Waals surface area contributed by atoms with Crippen LogP contribution in [0, 0.1) is 5.92 Å². The van der Waals surface area contributed by atoms with Crippen molar-refractivity contribution in [1.82, 2.24) is 14.5 Å². The third-order valence-electron chi connectivity index (χ3n) is 6.83. The Morgan fingerprint density at radius 2 is 2.00 bits per heavy atom. The molecule has 1 aliphatic heterocycles. The average molecular weight is 383 g/mol. The molecule has 144 valence electrons. The van der Waals surface area contributed by atoms with Gasteiger partial charge in [0, 0.05) is 11.8 Å². The molecular weight excluding hydrogens is 362 g/mol. The summed E-state index contributed by atoms with van der Waals surface area (Å²) in [4.78, 5) is 25.9. The van der Waals surface area contributed by atoms with Gasteiger partial charge >= 0.3 is 0 Å². The number of nitrogens with zero attached hydrogens (tertiary/aromatic N) is 4. The van der Waals surface area contributed by atoms with E-state index in [2.05, 4.69) is 28.2 Å². The van der Waals surface area contributed by atoms with E-state index in [4.69, 9.17) is 10.7 Å². The van der Waals surface area contributed by atoms with E-state index in [0.717, 1.165) is 34.3 Å². The Kier molecular flexibility index (Phi) is 3.23. The summed E-state index contributed by atoms with van der Waals surface area (Å²) in [6.07, 6.45) is 7.35. The third-order valence-corrected chi connectivity index (χ3v) is 6.83. The van der Waals surface area contributed by atoms with Crippen LogP contribution in [0.4, 0.5) is 0 Å². The largest absolute Gasteiger partial charge is 0.364 e. The lowest BCUT2D eigenvalue weighted by Gasteiger charge is -2.62. The summed E-state index contributed by atoms with van der Waals surface area (Å²) < 4.78 is 1.96. The topological polar surface area (TPSA) is 86.2 Å². The second-order valence-electron chi connectivity index (χ2n) is 8.57. The normalized spacial score (nSPS) is 26.3. The first-order chi connectivity index (χ1) is 14.1. The molecule has 6 heteroatoms. The summed E-state index contributed by atoms with van der Waals surface area (Å²) >= 11 is 0. The molecule has 3 aliphatic carbocycles. The van der Waals surface area contributed by atoms with Crippen LogP contribution in [0.2, 0.25) is 0 Å². The molecule has 29 heavy (non-hydrogen) atoms. The molecule has 0 radical (unpaired) electrons. The zero-order chi connectivity index (χ0) is 19.8. The van der Waals surface area contributed by atoms with E-state index in [1.165, 1.54) is 24.8 Å². The number of amides is 1. The molecule has 3 saturated carbocycles. The SMILES string of the molecule is C[C@@H]1N=C(c2ccccn2)c2cc(C34CC(C3)C4)ccc2-n2cnc(C(N)=O)c21. The average Bonchev–Trinajstić information content (AvgIpc) is 3.05. The summed E-state index contributed by atoms with van der Waals surface area (Å²) in [7, 11) is 0. The van der Waals surface area contributed by atoms with Gasteiger partial charge in [0.2, 0.25) is 0 Å². The van der Waals surface area contributed by atoms with Gasteiger partial charge in [0.05, 0.1) is 28.8 Å². The molecule has 4 aliphatic rings. The molecule has 1 amide bonds.